The molecule has 2 aromatic heterocycles. The van der Waals surface area contributed by atoms with Gasteiger partial charge in [0, 0.05) is 25.0 Å². The Balaban J connectivity index is 0.00000121. The number of carbonyl (C=O) groups excluding carboxylic acids is 1. The minimum absolute atomic E-state index is 0. The summed E-state index contributed by atoms with van der Waals surface area (Å²) >= 11 is 3.30. The third kappa shape index (κ3) is 4.93. The third-order valence-corrected chi connectivity index (χ3v) is 5.24. The molecule has 0 unspecified atom stereocenters. The smallest absolute Gasteiger partial charge is 0.228 e. The quantitative estimate of drug-likeness (QED) is 0.890. The van der Waals surface area contributed by atoms with E-state index in [1.807, 2.05) is 21.7 Å². The van der Waals surface area contributed by atoms with Crippen LogP contribution in [-0.4, -0.2) is 42.0 Å². The van der Waals surface area contributed by atoms with Gasteiger partial charge in [-0.1, -0.05) is 6.07 Å². The van der Waals surface area contributed by atoms with Crippen molar-refractivity contribution < 1.29 is 4.79 Å². The highest BCUT2D eigenvalue weighted by Gasteiger charge is 2.17. The van der Waals surface area contributed by atoms with Gasteiger partial charge in [-0.25, -0.2) is 4.98 Å². The highest BCUT2D eigenvalue weighted by atomic mass is 35.5. The van der Waals surface area contributed by atoms with E-state index in [2.05, 4.69) is 16.4 Å². The first-order valence-corrected chi connectivity index (χ1v) is 8.55. The lowest BCUT2D eigenvalue weighted by Gasteiger charge is -2.19. The van der Waals surface area contributed by atoms with Gasteiger partial charge in [-0.2, -0.15) is 0 Å². The van der Waals surface area contributed by atoms with Crippen LogP contribution in [0.25, 0.3) is 9.88 Å². The fourth-order valence-electron chi connectivity index (χ4n) is 2.26. The molecule has 0 atom stereocenters. The molecule has 3 rings (SSSR count). The zero-order valence-corrected chi connectivity index (χ0v) is 15.3. The molecule has 1 aliphatic rings. The summed E-state index contributed by atoms with van der Waals surface area (Å²) in [7, 11) is 0. The first-order chi connectivity index (χ1) is 9.83. The average molecular weight is 380 g/mol. The van der Waals surface area contributed by atoms with Crippen molar-refractivity contribution in [1.82, 2.24) is 15.2 Å². The summed E-state index contributed by atoms with van der Waals surface area (Å²) < 4.78 is 0. The van der Waals surface area contributed by atoms with Crippen molar-refractivity contribution in [2.24, 2.45) is 0 Å². The van der Waals surface area contributed by atoms with Gasteiger partial charge in [0.15, 0.2) is 0 Å². The first kappa shape index (κ1) is 19.4. The van der Waals surface area contributed by atoms with Crippen LogP contribution >= 0.6 is 47.5 Å². The fraction of sp³-hybridized carbons (Fsp3) is 0.429. The number of nitrogens with zero attached hydrogens (tertiary/aromatic N) is 2. The van der Waals surface area contributed by atoms with Crippen molar-refractivity contribution in [1.29, 1.82) is 0 Å². The number of amides is 1. The van der Waals surface area contributed by atoms with Crippen LogP contribution < -0.4 is 5.32 Å². The van der Waals surface area contributed by atoms with Crippen LogP contribution in [0.3, 0.4) is 0 Å². The number of hydrogen-bond acceptors (Lipinski definition) is 5. The van der Waals surface area contributed by atoms with Crippen LogP contribution in [0.5, 0.6) is 0 Å². The summed E-state index contributed by atoms with van der Waals surface area (Å²) in [5, 5.41) is 8.38. The maximum atomic E-state index is 12.3. The van der Waals surface area contributed by atoms with Gasteiger partial charge in [0.05, 0.1) is 17.0 Å². The number of aromatic nitrogens is 1. The minimum Gasteiger partial charge on any atom is -0.341 e. The van der Waals surface area contributed by atoms with Gasteiger partial charge >= 0.3 is 0 Å². The normalized spacial score (nSPS) is 14.6. The molecule has 1 fully saturated rings. The molecule has 122 valence electrons. The molecule has 8 heteroatoms. The maximum Gasteiger partial charge on any atom is 0.228 e. The summed E-state index contributed by atoms with van der Waals surface area (Å²) in [6.45, 7) is 3.56. The number of thiophene rings is 1. The second-order valence-electron chi connectivity index (χ2n) is 4.78. The molecule has 1 aliphatic heterocycles. The van der Waals surface area contributed by atoms with E-state index in [9.17, 15) is 4.79 Å². The first-order valence-electron chi connectivity index (χ1n) is 6.80. The Kier molecular flexibility index (Phi) is 8.35. The summed E-state index contributed by atoms with van der Waals surface area (Å²) in [6.07, 6.45) is 1.45. The Morgan fingerprint density at radius 2 is 2.14 bits per heavy atom. The van der Waals surface area contributed by atoms with Gasteiger partial charge in [0.25, 0.3) is 0 Å². The molecule has 0 aliphatic carbocycles. The lowest BCUT2D eigenvalue weighted by atomic mass is 10.3. The van der Waals surface area contributed by atoms with Crippen molar-refractivity contribution in [3.05, 3.63) is 28.6 Å². The average Bonchev–Trinajstić information content (AvgIpc) is 3.05. The van der Waals surface area contributed by atoms with Gasteiger partial charge in [0.2, 0.25) is 5.91 Å². The number of halogens is 2. The van der Waals surface area contributed by atoms with E-state index >= 15 is 0 Å². The minimum atomic E-state index is 0. The van der Waals surface area contributed by atoms with Crippen molar-refractivity contribution in [3.8, 4) is 9.88 Å². The number of carbonyl (C=O) groups is 1. The van der Waals surface area contributed by atoms with E-state index in [4.69, 9.17) is 0 Å². The summed E-state index contributed by atoms with van der Waals surface area (Å²) in [6, 6.07) is 4.09. The molecule has 0 aromatic carbocycles. The lowest BCUT2D eigenvalue weighted by molar-refractivity contribution is -0.130. The Morgan fingerprint density at radius 3 is 2.91 bits per heavy atom. The Morgan fingerprint density at radius 1 is 1.27 bits per heavy atom. The molecule has 3 heterocycles. The van der Waals surface area contributed by atoms with Gasteiger partial charge in [-0.3, -0.25) is 4.79 Å². The zero-order chi connectivity index (χ0) is 13.8. The largest absolute Gasteiger partial charge is 0.341 e. The molecular weight excluding hydrogens is 361 g/mol. The van der Waals surface area contributed by atoms with E-state index in [0.29, 0.717) is 6.42 Å². The van der Waals surface area contributed by atoms with Crippen LogP contribution in [0.1, 0.15) is 12.1 Å². The van der Waals surface area contributed by atoms with Gasteiger partial charge in [-0.05, 0) is 24.4 Å². The molecule has 0 spiro atoms. The molecule has 0 bridgehead atoms. The van der Waals surface area contributed by atoms with E-state index in [0.717, 1.165) is 43.3 Å². The van der Waals surface area contributed by atoms with Crippen LogP contribution in [0.2, 0.25) is 0 Å². The fourth-order valence-corrected chi connectivity index (χ4v) is 3.90. The Bertz CT molecular complexity index is 566. The van der Waals surface area contributed by atoms with Crippen molar-refractivity contribution in [2.75, 3.05) is 26.2 Å². The lowest BCUT2D eigenvalue weighted by Crippen LogP contribution is -2.35. The molecule has 1 amide bonds. The van der Waals surface area contributed by atoms with Crippen LogP contribution in [0.15, 0.2) is 22.9 Å². The maximum absolute atomic E-state index is 12.3. The third-order valence-electron chi connectivity index (χ3n) is 3.31. The van der Waals surface area contributed by atoms with Gasteiger partial charge in [-0.15, -0.1) is 47.5 Å². The van der Waals surface area contributed by atoms with Gasteiger partial charge < -0.3 is 10.2 Å². The molecule has 4 nitrogen and oxygen atoms in total. The van der Waals surface area contributed by atoms with E-state index in [1.54, 1.807) is 22.7 Å². The Hall–Kier alpha value is -0.660. The number of rotatable bonds is 3. The number of nitrogens with one attached hydrogen (secondary N) is 1. The SMILES string of the molecule is Cl.Cl.O=C(Cc1csc(-c2cccs2)n1)N1CCCNCC1. The van der Waals surface area contributed by atoms with Crippen molar-refractivity contribution >= 4 is 53.4 Å². The molecule has 0 radical (unpaired) electrons. The standard InChI is InChI=1S/C14H17N3OS2.2ClH/c18-13(17-6-2-4-15-5-7-17)9-11-10-20-14(16-11)12-3-1-8-19-12;;/h1,3,8,10,15H,2,4-7,9H2;2*1H. The van der Waals surface area contributed by atoms with E-state index in [-0.39, 0.29) is 30.7 Å². The van der Waals surface area contributed by atoms with Crippen LogP contribution in [0.4, 0.5) is 0 Å². The summed E-state index contributed by atoms with van der Waals surface area (Å²) in [4.78, 5) is 20.0. The predicted octanol–water partition coefficient (Wildman–Crippen LogP) is 3.08. The van der Waals surface area contributed by atoms with Crippen LogP contribution in [-0.2, 0) is 11.2 Å². The monoisotopic (exact) mass is 379 g/mol. The molecule has 0 saturated carbocycles. The van der Waals surface area contributed by atoms with E-state index in [1.165, 1.54) is 4.88 Å². The van der Waals surface area contributed by atoms with Crippen LogP contribution in [0, 0.1) is 0 Å². The molecule has 22 heavy (non-hydrogen) atoms. The van der Waals surface area contributed by atoms with Crippen molar-refractivity contribution in [2.45, 2.75) is 12.8 Å². The van der Waals surface area contributed by atoms with E-state index < -0.39 is 0 Å². The highest BCUT2D eigenvalue weighted by molar-refractivity contribution is 7.20. The molecule has 1 saturated heterocycles. The number of hydrogen-bond donors (Lipinski definition) is 1. The van der Waals surface area contributed by atoms with Gasteiger partial charge in [0.1, 0.15) is 5.01 Å². The summed E-state index contributed by atoms with van der Waals surface area (Å²) in [5.41, 5.74) is 0.889. The predicted molar refractivity (Wildman–Crippen MR) is 97.7 cm³/mol. The second-order valence-corrected chi connectivity index (χ2v) is 6.59. The number of thiazole rings is 1. The second kappa shape index (κ2) is 9.47. The molecule has 1 N–H and O–H groups in total. The Labute approximate surface area is 150 Å². The summed E-state index contributed by atoms with van der Waals surface area (Å²) in [5.74, 6) is 0.191. The molecular formula is C14H19Cl2N3OS2. The van der Waals surface area contributed by atoms with Crippen molar-refractivity contribution in [3.63, 3.8) is 0 Å². The topological polar surface area (TPSA) is 45.2 Å². The molecule has 2 aromatic rings. The highest BCUT2D eigenvalue weighted by Crippen LogP contribution is 2.27. The zero-order valence-electron chi connectivity index (χ0n) is 12.0.